The van der Waals surface area contributed by atoms with Crippen LogP contribution in [0, 0.1) is 5.82 Å². The Hall–Kier alpha value is -1.95. The second kappa shape index (κ2) is 6.11. The highest BCUT2D eigenvalue weighted by Gasteiger charge is 2.13. The molecular formula is C12H15FN2O3. The smallest absolute Gasteiger partial charge is 0.337 e. The van der Waals surface area contributed by atoms with E-state index >= 15 is 0 Å². The zero-order valence-electron chi connectivity index (χ0n) is 10.2. The van der Waals surface area contributed by atoms with Crippen molar-refractivity contribution in [1.29, 1.82) is 0 Å². The molecule has 0 aliphatic heterocycles. The maximum absolute atomic E-state index is 12.9. The highest BCUT2D eigenvalue weighted by Crippen LogP contribution is 2.17. The number of carbonyl (C=O) groups excluding carboxylic acids is 1. The number of amides is 1. The Morgan fingerprint density at radius 3 is 2.61 bits per heavy atom. The summed E-state index contributed by atoms with van der Waals surface area (Å²) in [5.74, 6) is -2.24. The predicted molar refractivity (Wildman–Crippen MR) is 65.2 cm³/mol. The van der Waals surface area contributed by atoms with Gasteiger partial charge in [-0.05, 0) is 32.3 Å². The lowest BCUT2D eigenvalue weighted by atomic mass is 10.1. The van der Waals surface area contributed by atoms with E-state index < -0.39 is 11.8 Å². The second-order valence-corrected chi connectivity index (χ2v) is 4.10. The van der Waals surface area contributed by atoms with Gasteiger partial charge >= 0.3 is 5.97 Å². The molecule has 0 aliphatic carbocycles. The highest BCUT2D eigenvalue weighted by atomic mass is 19.1. The Kier molecular flexibility index (Phi) is 4.79. The van der Waals surface area contributed by atoms with Gasteiger partial charge in [-0.2, -0.15) is 0 Å². The molecule has 1 rings (SSSR count). The number of halogens is 1. The first-order chi connectivity index (χ1) is 8.40. The summed E-state index contributed by atoms with van der Waals surface area (Å²) >= 11 is 0. The van der Waals surface area contributed by atoms with Crippen LogP contribution in [0.3, 0.4) is 0 Å². The van der Waals surface area contributed by atoms with Crippen molar-refractivity contribution in [3.05, 3.63) is 29.6 Å². The van der Waals surface area contributed by atoms with Crippen molar-refractivity contribution in [2.75, 3.05) is 26.0 Å². The minimum atomic E-state index is -1.28. The minimum absolute atomic E-state index is 0.104. The van der Waals surface area contributed by atoms with Crippen LogP contribution in [0.15, 0.2) is 18.2 Å². The quantitative estimate of drug-likeness (QED) is 0.833. The molecule has 0 aromatic heterocycles. The molecule has 0 bridgehead atoms. The highest BCUT2D eigenvalue weighted by molar-refractivity contribution is 6.00. The number of anilines is 1. The van der Waals surface area contributed by atoms with E-state index in [9.17, 15) is 14.0 Å². The third-order valence-electron chi connectivity index (χ3n) is 2.27. The van der Waals surface area contributed by atoms with Crippen LogP contribution in [0.25, 0.3) is 0 Å². The number of benzene rings is 1. The molecule has 1 aromatic carbocycles. The summed E-state index contributed by atoms with van der Waals surface area (Å²) in [6.45, 7) is 0.551. The number of carboxylic acid groups (broad SMARTS) is 1. The molecule has 6 heteroatoms. The molecule has 5 nitrogen and oxygen atoms in total. The lowest BCUT2D eigenvalue weighted by molar-refractivity contribution is -0.116. The third kappa shape index (κ3) is 4.14. The van der Waals surface area contributed by atoms with Crippen molar-refractivity contribution in [1.82, 2.24) is 4.90 Å². The van der Waals surface area contributed by atoms with Crippen molar-refractivity contribution >= 4 is 17.6 Å². The number of nitrogens with one attached hydrogen (secondary N) is 1. The second-order valence-electron chi connectivity index (χ2n) is 4.10. The first-order valence-corrected chi connectivity index (χ1v) is 5.37. The summed E-state index contributed by atoms with van der Waals surface area (Å²) in [6.07, 6.45) is 0.240. The van der Waals surface area contributed by atoms with E-state index in [-0.39, 0.29) is 23.6 Å². The van der Waals surface area contributed by atoms with Gasteiger partial charge in [-0.15, -0.1) is 0 Å². The van der Waals surface area contributed by atoms with E-state index in [1.807, 2.05) is 19.0 Å². The van der Waals surface area contributed by atoms with Crippen molar-refractivity contribution < 1.29 is 19.1 Å². The van der Waals surface area contributed by atoms with E-state index in [1.54, 1.807) is 0 Å². The number of hydrogen-bond acceptors (Lipinski definition) is 3. The molecule has 18 heavy (non-hydrogen) atoms. The molecule has 0 saturated heterocycles. The molecule has 1 amide bonds. The van der Waals surface area contributed by atoms with Gasteiger partial charge in [0, 0.05) is 13.0 Å². The third-order valence-corrected chi connectivity index (χ3v) is 2.27. The number of hydrogen-bond donors (Lipinski definition) is 2. The zero-order chi connectivity index (χ0) is 13.7. The summed E-state index contributed by atoms with van der Waals surface area (Å²) in [4.78, 5) is 24.3. The maximum atomic E-state index is 12.9. The fourth-order valence-corrected chi connectivity index (χ4v) is 1.34. The molecule has 0 fully saturated rings. The lowest BCUT2D eigenvalue weighted by Crippen LogP contribution is -2.21. The van der Waals surface area contributed by atoms with Gasteiger partial charge in [0.25, 0.3) is 0 Å². The average molecular weight is 254 g/mol. The molecular weight excluding hydrogens is 239 g/mol. The van der Waals surface area contributed by atoms with Gasteiger partial charge in [0.1, 0.15) is 5.82 Å². The largest absolute Gasteiger partial charge is 0.478 e. The molecule has 0 spiro atoms. The van der Waals surface area contributed by atoms with Gasteiger partial charge in [-0.25, -0.2) is 9.18 Å². The van der Waals surface area contributed by atoms with Gasteiger partial charge < -0.3 is 15.3 Å². The molecule has 2 N–H and O–H groups in total. The molecule has 0 radical (unpaired) electrons. The van der Waals surface area contributed by atoms with Crippen LogP contribution in [0.4, 0.5) is 10.1 Å². The first kappa shape index (κ1) is 14.1. The van der Waals surface area contributed by atoms with Gasteiger partial charge in [-0.1, -0.05) is 0 Å². The van der Waals surface area contributed by atoms with Crippen molar-refractivity contribution in [2.24, 2.45) is 0 Å². The van der Waals surface area contributed by atoms with Crippen molar-refractivity contribution in [2.45, 2.75) is 6.42 Å². The Labute approximate surface area is 104 Å². The fraction of sp³-hybridized carbons (Fsp3) is 0.333. The van der Waals surface area contributed by atoms with E-state index in [4.69, 9.17) is 5.11 Å². The van der Waals surface area contributed by atoms with Gasteiger partial charge in [0.15, 0.2) is 0 Å². The van der Waals surface area contributed by atoms with Crippen molar-refractivity contribution in [3.8, 4) is 0 Å². The molecule has 0 heterocycles. The molecule has 0 unspecified atom stereocenters. The van der Waals surface area contributed by atoms with Crippen LogP contribution >= 0.6 is 0 Å². The monoisotopic (exact) mass is 254 g/mol. The van der Waals surface area contributed by atoms with Crippen LogP contribution in [-0.4, -0.2) is 42.5 Å². The molecule has 0 atom stereocenters. The summed E-state index contributed by atoms with van der Waals surface area (Å²) in [5.41, 5.74) is -0.152. The minimum Gasteiger partial charge on any atom is -0.478 e. The molecule has 98 valence electrons. The first-order valence-electron chi connectivity index (χ1n) is 5.37. The van der Waals surface area contributed by atoms with E-state index in [2.05, 4.69) is 5.32 Å². The van der Waals surface area contributed by atoms with Crippen molar-refractivity contribution in [3.63, 3.8) is 0 Å². The van der Waals surface area contributed by atoms with Crippen LogP contribution in [0.2, 0.25) is 0 Å². The Morgan fingerprint density at radius 2 is 2.06 bits per heavy atom. The fourth-order valence-electron chi connectivity index (χ4n) is 1.34. The molecule has 1 aromatic rings. The van der Waals surface area contributed by atoms with Gasteiger partial charge in [-0.3, -0.25) is 4.79 Å². The van der Waals surface area contributed by atoms with Crippen LogP contribution < -0.4 is 5.32 Å². The van der Waals surface area contributed by atoms with E-state index in [1.165, 1.54) is 6.07 Å². The van der Waals surface area contributed by atoms with Gasteiger partial charge in [0.05, 0.1) is 11.3 Å². The van der Waals surface area contributed by atoms with E-state index in [0.717, 1.165) is 12.1 Å². The maximum Gasteiger partial charge on any atom is 0.337 e. The summed E-state index contributed by atoms with van der Waals surface area (Å²) in [5, 5.41) is 11.4. The number of nitrogens with zero attached hydrogens (tertiary/aromatic N) is 1. The SMILES string of the molecule is CN(C)CCC(=O)Nc1ccc(F)cc1C(=O)O. The lowest BCUT2D eigenvalue weighted by Gasteiger charge is -2.11. The number of rotatable bonds is 5. The summed E-state index contributed by atoms with van der Waals surface area (Å²) in [7, 11) is 3.65. The van der Waals surface area contributed by atoms with Crippen LogP contribution in [-0.2, 0) is 4.79 Å². The Bertz CT molecular complexity index is 461. The van der Waals surface area contributed by atoms with E-state index in [0.29, 0.717) is 6.54 Å². The Morgan fingerprint density at radius 1 is 1.39 bits per heavy atom. The summed E-state index contributed by atoms with van der Waals surface area (Å²) < 4.78 is 12.9. The van der Waals surface area contributed by atoms with Crippen LogP contribution in [0.1, 0.15) is 16.8 Å². The molecule has 0 aliphatic rings. The normalized spacial score (nSPS) is 10.4. The number of carbonyl (C=O) groups is 2. The predicted octanol–water partition coefficient (Wildman–Crippen LogP) is 1.41. The van der Waals surface area contributed by atoms with Crippen LogP contribution in [0.5, 0.6) is 0 Å². The standard InChI is InChI=1S/C12H15FN2O3/c1-15(2)6-5-11(16)14-10-4-3-8(13)7-9(10)12(17)18/h3-4,7H,5-6H2,1-2H3,(H,14,16)(H,17,18). The average Bonchev–Trinajstić information content (AvgIpc) is 2.28. The molecule has 0 saturated carbocycles. The number of aromatic carboxylic acids is 1. The van der Waals surface area contributed by atoms with Gasteiger partial charge in [0.2, 0.25) is 5.91 Å². The topological polar surface area (TPSA) is 69.6 Å². The summed E-state index contributed by atoms with van der Waals surface area (Å²) in [6, 6.07) is 3.23. The zero-order valence-corrected chi connectivity index (χ0v) is 10.2. The number of carboxylic acids is 1. The Balaban J connectivity index is 2.78.